The van der Waals surface area contributed by atoms with Crippen molar-refractivity contribution >= 4 is 17.4 Å². The maximum atomic E-state index is 3.84. The Morgan fingerprint density at radius 1 is 1.00 bits per heavy atom. The Kier molecular flexibility index (Phi) is 4.11. The van der Waals surface area contributed by atoms with Crippen LogP contribution in [0.25, 0.3) is 0 Å². The van der Waals surface area contributed by atoms with Gasteiger partial charge in [-0.15, -0.1) is 0 Å². The summed E-state index contributed by atoms with van der Waals surface area (Å²) >= 11 is 2.10. The third-order valence-electron chi connectivity index (χ3n) is 4.02. The zero-order valence-corrected chi connectivity index (χ0v) is 11.7. The van der Waals surface area contributed by atoms with Gasteiger partial charge in [-0.25, -0.2) is 0 Å². The van der Waals surface area contributed by atoms with Crippen LogP contribution in [0, 0.1) is 0 Å². The highest BCUT2D eigenvalue weighted by atomic mass is 32.2. The molecule has 98 valence electrons. The molecule has 1 N–H and O–H groups in total. The largest absolute Gasteiger partial charge is 0.371 e. The Morgan fingerprint density at radius 3 is 2.44 bits per heavy atom. The van der Waals surface area contributed by atoms with E-state index in [1.807, 2.05) is 0 Å². The summed E-state index contributed by atoms with van der Waals surface area (Å²) in [5.74, 6) is 2.67. The lowest BCUT2D eigenvalue weighted by molar-refractivity contribution is 0.379. The van der Waals surface area contributed by atoms with Crippen LogP contribution in [0.2, 0.25) is 0 Å². The van der Waals surface area contributed by atoms with Gasteiger partial charge in [0.1, 0.15) is 0 Å². The standard InChI is InChI=1S/C15H22N2S/c1-2-4-15(5-3-1)17-9-6-13(7-10-17)16-14-8-11-18-12-14/h1-5,13-14,16H,6-12H2. The van der Waals surface area contributed by atoms with Crippen molar-refractivity contribution in [3.8, 4) is 0 Å². The normalized spacial score (nSPS) is 25.6. The van der Waals surface area contributed by atoms with E-state index < -0.39 is 0 Å². The lowest BCUT2D eigenvalue weighted by atomic mass is 10.0. The lowest BCUT2D eigenvalue weighted by Crippen LogP contribution is -2.46. The molecule has 3 rings (SSSR count). The Morgan fingerprint density at radius 2 is 1.78 bits per heavy atom. The Labute approximate surface area is 114 Å². The van der Waals surface area contributed by atoms with Crippen molar-refractivity contribution in [2.24, 2.45) is 0 Å². The number of rotatable bonds is 3. The first-order valence-corrected chi connectivity index (χ1v) is 8.21. The number of nitrogens with one attached hydrogen (secondary N) is 1. The van der Waals surface area contributed by atoms with E-state index in [-0.39, 0.29) is 0 Å². The number of anilines is 1. The summed E-state index contributed by atoms with van der Waals surface area (Å²) in [5, 5.41) is 3.84. The van der Waals surface area contributed by atoms with Gasteiger partial charge in [0, 0.05) is 36.6 Å². The number of nitrogens with zero attached hydrogens (tertiary/aromatic N) is 1. The second-order valence-corrected chi connectivity index (χ2v) is 6.47. The maximum absolute atomic E-state index is 3.84. The summed E-state index contributed by atoms with van der Waals surface area (Å²) in [7, 11) is 0. The van der Waals surface area contributed by atoms with Gasteiger partial charge in [-0.05, 0) is 37.1 Å². The summed E-state index contributed by atoms with van der Waals surface area (Å²) in [6.07, 6.45) is 3.94. The third kappa shape index (κ3) is 3.01. The molecule has 2 aliphatic rings. The fourth-order valence-corrected chi connectivity index (χ4v) is 4.11. The Hall–Kier alpha value is -0.670. The predicted molar refractivity (Wildman–Crippen MR) is 80.5 cm³/mol. The number of thioether (sulfide) groups is 1. The van der Waals surface area contributed by atoms with E-state index in [2.05, 4.69) is 52.3 Å². The third-order valence-corrected chi connectivity index (χ3v) is 5.18. The monoisotopic (exact) mass is 262 g/mol. The van der Waals surface area contributed by atoms with Crippen molar-refractivity contribution in [3.05, 3.63) is 30.3 Å². The fraction of sp³-hybridized carbons (Fsp3) is 0.600. The molecule has 0 spiro atoms. The van der Waals surface area contributed by atoms with Crippen LogP contribution in [0.4, 0.5) is 5.69 Å². The first-order valence-electron chi connectivity index (χ1n) is 7.05. The van der Waals surface area contributed by atoms with Gasteiger partial charge >= 0.3 is 0 Å². The van der Waals surface area contributed by atoms with E-state index in [1.54, 1.807) is 0 Å². The lowest BCUT2D eigenvalue weighted by Gasteiger charge is -2.35. The van der Waals surface area contributed by atoms with Crippen LogP contribution in [0.3, 0.4) is 0 Å². The van der Waals surface area contributed by atoms with Crippen molar-refractivity contribution in [2.75, 3.05) is 29.5 Å². The van der Waals surface area contributed by atoms with Crippen molar-refractivity contribution in [3.63, 3.8) is 0 Å². The molecule has 2 saturated heterocycles. The molecule has 0 aliphatic carbocycles. The predicted octanol–water partition coefficient (Wildman–Crippen LogP) is 2.75. The number of para-hydroxylation sites is 1. The summed E-state index contributed by atoms with van der Waals surface area (Å²) in [6.45, 7) is 2.39. The molecule has 0 aromatic heterocycles. The van der Waals surface area contributed by atoms with Gasteiger partial charge < -0.3 is 10.2 Å². The summed E-state index contributed by atoms with van der Waals surface area (Å²) in [5.41, 5.74) is 1.38. The SMILES string of the molecule is c1ccc(N2CCC(NC3CCSC3)CC2)cc1. The molecule has 2 fully saturated rings. The summed E-state index contributed by atoms with van der Waals surface area (Å²) in [4.78, 5) is 2.52. The van der Waals surface area contributed by atoms with Crippen LogP contribution >= 0.6 is 11.8 Å². The number of benzene rings is 1. The smallest absolute Gasteiger partial charge is 0.0366 e. The topological polar surface area (TPSA) is 15.3 Å². The first-order chi connectivity index (χ1) is 8.92. The molecule has 1 atom stereocenters. The van der Waals surface area contributed by atoms with Crippen LogP contribution < -0.4 is 10.2 Å². The van der Waals surface area contributed by atoms with Crippen molar-refractivity contribution in [2.45, 2.75) is 31.3 Å². The molecule has 1 aromatic carbocycles. The minimum absolute atomic E-state index is 0.744. The quantitative estimate of drug-likeness (QED) is 0.902. The molecule has 2 heterocycles. The van der Waals surface area contributed by atoms with Gasteiger partial charge in [-0.2, -0.15) is 11.8 Å². The Bertz CT molecular complexity index is 354. The zero-order valence-electron chi connectivity index (χ0n) is 10.8. The van der Waals surface area contributed by atoms with Gasteiger partial charge in [-0.3, -0.25) is 0 Å². The second kappa shape index (κ2) is 5.98. The molecular weight excluding hydrogens is 240 g/mol. The summed E-state index contributed by atoms with van der Waals surface area (Å²) in [6, 6.07) is 12.3. The minimum atomic E-state index is 0.744. The maximum Gasteiger partial charge on any atom is 0.0366 e. The highest BCUT2D eigenvalue weighted by Gasteiger charge is 2.23. The highest BCUT2D eigenvalue weighted by molar-refractivity contribution is 7.99. The van der Waals surface area contributed by atoms with Crippen LogP contribution in [-0.2, 0) is 0 Å². The first kappa shape index (κ1) is 12.4. The van der Waals surface area contributed by atoms with Crippen LogP contribution in [0.5, 0.6) is 0 Å². The van der Waals surface area contributed by atoms with Gasteiger partial charge in [-0.1, -0.05) is 18.2 Å². The molecule has 18 heavy (non-hydrogen) atoms. The van der Waals surface area contributed by atoms with E-state index in [4.69, 9.17) is 0 Å². The van der Waals surface area contributed by atoms with Gasteiger partial charge in [0.05, 0.1) is 0 Å². The zero-order chi connectivity index (χ0) is 12.2. The van der Waals surface area contributed by atoms with E-state index in [0.29, 0.717) is 0 Å². The van der Waals surface area contributed by atoms with Crippen LogP contribution in [-0.4, -0.2) is 36.7 Å². The second-order valence-electron chi connectivity index (χ2n) is 5.32. The van der Waals surface area contributed by atoms with Crippen LogP contribution in [0.15, 0.2) is 30.3 Å². The molecule has 1 aromatic rings. The van der Waals surface area contributed by atoms with E-state index in [0.717, 1.165) is 12.1 Å². The summed E-state index contributed by atoms with van der Waals surface area (Å²) < 4.78 is 0. The van der Waals surface area contributed by atoms with E-state index in [9.17, 15) is 0 Å². The molecule has 3 heteroatoms. The Balaban J connectivity index is 1.49. The molecule has 0 radical (unpaired) electrons. The number of hydrogen-bond donors (Lipinski definition) is 1. The number of piperidine rings is 1. The van der Waals surface area contributed by atoms with Gasteiger partial charge in [0.2, 0.25) is 0 Å². The highest BCUT2D eigenvalue weighted by Crippen LogP contribution is 2.22. The molecule has 2 aliphatic heterocycles. The van der Waals surface area contributed by atoms with E-state index in [1.165, 1.54) is 49.5 Å². The average molecular weight is 262 g/mol. The molecule has 1 unspecified atom stereocenters. The van der Waals surface area contributed by atoms with Crippen molar-refractivity contribution < 1.29 is 0 Å². The number of hydrogen-bond acceptors (Lipinski definition) is 3. The average Bonchev–Trinajstić information content (AvgIpc) is 2.94. The van der Waals surface area contributed by atoms with E-state index >= 15 is 0 Å². The van der Waals surface area contributed by atoms with Gasteiger partial charge in [0.15, 0.2) is 0 Å². The molecule has 0 saturated carbocycles. The molecular formula is C15H22N2S. The van der Waals surface area contributed by atoms with Gasteiger partial charge in [0.25, 0.3) is 0 Å². The minimum Gasteiger partial charge on any atom is -0.371 e. The van der Waals surface area contributed by atoms with Crippen molar-refractivity contribution in [1.82, 2.24) is 5.32 Å². The molecule has 0 amide bonds. The van der Waals surface area contributed by atoms with Crippen LogP contribution in [0.1, 0.15) is 19.3 Å². The van der Waals surface area contributed by atoms with Crippen molar-refractivity contribution in [1.29, 1.82) is 0 Å². The fourth-order valence-electron chi connectivity index (χ4n) is 2.94. The molecule has 2 nitrogen and oxygen atoms in total. The molecule has 0 bridgehead atoms.